The summed E-state index contributed by atoms with van der Waals surface area (Å²) < 4.78 is 2.07. The van der Waals surface area contributed by atoms with Crippen molar-refractivity contribution >= 4 is 56.4 Å². The zero-order chi connectivity index (χ0) is 31.9. The molecule has 6 aromatic carbocycles. The number of aromatic nitrogens is 3. The second kappa shape index (κ2) is 11.6. The lowest BCUT2D eigenvalue weighted by Gasteiger charge is -2.34. The van der Waals surface area contributed by atoms with E-state index in [1.807, 2.05) is 24.4 Å². The van der Waals surface area contributed by atoms with Crippen LogP contribution < -0.4 is 20.7 Å². The molecular formula is C44H31N3Si. The van der Waals surface area contributed by atoms with E-state index in [-0.39, 0.29) is 0 Å². The molecule has 3 aromatic heterocycles. The first-order chi connectivity index (χ1) is 23.8. The minimum atomic E-state index is -2.55. The lowest BCUT2D eigenvalue weighted by atomic mass is 10.00. The molecule has 0 fully saturated rings. The van der Waals surface area contributed by atoms with Gasteiger partial charge >= 0.3 is 0 Å². The van der Waals surface area contributed by atoms with Crippen molar-refractivity contribution in [1.29, 1.82) is 0 Å². The standard InChI is InChI=1S/C44H31N3Si/c1-4-14-35(15-5-1)48(36-16-6-2-7-17-36,37-18-8-3-9-19-37)38-29-27-33(28-30-38)32-23-25-34(26-24-32)42-39-20-10-11-21-40(39)43-44(46-42)47-31-13-12-22-41(47)45-43/h1-31H. The smallest absolute Gasteiger partial charge is 0.179 e. The van der Waals surface area contributed by atoms with Crippen LogP contribution in [0, 0.1) is 0 Å². The van der Waals surface area contributed by atoms with Crippen LogP contribution >= 0.6 is 0 Å². The molecule has 0 saturated carbocycles. The number of hydrogen-bond acceptors (Lipinski definition) is 2. The van der Waals surface area contributed by atoms with Crippen molar-refractivity contribution in [3.63, 3.8) is 0 Å². The van der Waals surface area contributed by atoms with Crippen molar-refractivity contribution in [3.8, 4) is 22.4 Å². The zero-order valence-electron chi connectivity index (χ0n) is 26.2. The monoisotopic (exact) mass is 629 g/mol. The molecule has 0 aliphatic carbocycles. The summed E-state index contributed by atoms with van der Waals surface area (Å²) >= 11 is 0. The van der Waals surface area contributed by atoms with Crippen molar-refractivity contribution < 1.29 is 0 Å². The van der Waals surface area contributed by atoms with E-state index in [2.05, 4.69) is 168 Å². The molecule has 9 aromatic rings. The van der Waals surface area contributed by atoms with E-state index in [9.17, 15) is 0 Å². The molecule has 0 bridgehead atoms. The van der Waals surface area contributed by atoms with Crippen LogP contribution in [-0.2, 0) is 0 Å². The number of hydrogen-bond donors (Lipinski definition) is 0. The topological polar surface area (TPSA) is 30.2 Å². The summed E-state index contributed by atoms with van der Waals surface area (Å²) in [4.78, 5) is 10.1. The van der Waals surface area contributed by atoms with Crippen molar-refractivity contribution in [2.75, 3.05) is 0 Å². The molecule has 0 unspecified atom stereocenters. The predicted octanol–water partition coefficient (Wildman–Crippen LogP) is 7.75. The third-order valence-corrected chi connectivity index (χ3v) is 14.4. The normalized spacial score (nSPS) is 11.8. The molecule has 0 spiro atoms. The third-order valence-electron chi connectivity index (χ3n) is 9.59. The lowest BCUT2D eigenvalue weighted by molar-refractivity contribution is 1.19. The van der Waals surface area contributed by atoms with Gasteiger partial charge in [-0.3, -0.25) is 4.40 Å². The van der Waals surface area contributed by atoms with E-state index in [4.69, 9.17) is 9.97 Å². The minimum absolute atomic E-state index is 0.877. The fraction of sp³-hybridized carbons (Fsp3) is 0. The number of pyridine rings is 2. The number of nitrogens with zero attached hydrogens (tertiary/aromatic N) is 3. The molecule has 3 heterocycles. The summed E-state index contributed by atoms with van der Waals surface area (Å²) in [5.41, 5.74) is 7.13. The second-order valence-electron chi connectivity index (χ2n) is 12.2. The average molecular weight is 630 g/mol. The van der Waals surface area contributed by atoms with E-state index in [0.29, 0.717) is 0 Å². The first-order valence-corrected chi connectivity index (χ1v) is 18.3. The van der Waals surface area contributed by atoms with Gasteiger partial charge in [-0.05, 0) is 44.0 Å². The average Bonchev–Trinajstić information content (AvgIpc) is 3.56. The van der Waals surface area contributed by atoms with Crippen LogP contribution in [0.2, 0.25) is 0 Å². The van der Waals surface area contributed by atoms with E-state index < -0.39 is 8.07 Å². The fourth-order valence-corrected chi connectivity index (χ4v) is 12.1. The van der Waals surface area contributed by atoms with Gasteiger partial charge in [-0.15, -0.1) is 0 Å². The molecule has 0 aliphatic rings. The van der Waals surface area contributed by atoms with Crippen LogP contribution in [0.25, 0.3) is 50.0 Å². The van der Waals surface area contributed by atoms with Gasteiger partial charge in [0.1, 0.15) is 11.2 Å². The van der Waals surface area contributed by atoms with E-state index in [1.165, 1.54) is 31.9 Å². The van der Waals surface area contributed by atoms with Crippen LogP contribution in [0.15, 0.2) is 188 Å². The van der Waals surface area contributed by atoms with Gasteiger partial charge in [0.2, 0.25) is 0 Å². The molecule has 0 amide bonds. The highest BCUT2D eigenvalue weighted by Crippen LogP contribution is 2.33. The molecular weight excluding hydrogens is 599 g/mol. The van der Waals surface area contributed by atoms with Gasteiger partial charge in [0.05, 0.1) is 5.69 Å². The Morgan fingerprint density at radius 2 is 0.833 bits per heavy atom. The van der Waals surface area contributed by atoms with Crippen molar-refractivity contribution in [2.45, 2.75) is 0 Å². The molecule has 226 valence electrons. The van der Waals surface area contributed by atoms with Crippen LogP contribution in [0.1, 0.15) is 0 Å². The summed E-state index contributed by atoms with van der Waals surface area (Å²) in [5.74, 6) is 0. The first kappa shape index (κ1) is 28.1. The molecule has 3 nitrogen and oxygen atoms in total. The largest absolute Gasteiger partial charge is 0.284 e. The SMILES string of the molecule is c1ccc([Si](c2ccccc2)(c2ccccc2)c2ccc(-c3ccc(-c4nc5c(nc6ccccn65)c5ccccc45)cc3)cc2)cc1. The Kier molecular flexibility index (Phi) is 6.80. The minimum Gasteiger partial charge on any atom is -0.284 e. The highest BCUT2D eigenvalue weighted by Gasteiger charge is 2.41. The molecule has 0 N–H and O–H groups in total. The Balaban J connectivity index is 1.14. The summed E-state index contributed by atoms with van der Waals surface area (Å²) in [6.07, 6.45) is 2.04. The van der Waals surface area contributed by atoms with Crippen molar-refractivity contribution in [3.05, 3.63) is 188 Å². The molecule has 9 rings (SSSR count). The van der Waals surface area contributed by atoms with Gasteiger partial charge in [0.25, 0.3) is 0 Å². The lowest BCUT2D eigenvalue weighted by Crippen LogP contribution is -2.74. The van der Waals surface area contributed by atoms with Gasteiger partial charge in [0, 0.05) is 22.5 Å². The molecule has 4 heteroatoms. The van der Waals surface area contributed by atoms with Gasteiger partial charge in [-0.25, -0.2) is 9.97 Å². The number of imidazole rings is 1. The summed E-state index contributed by atoms with van der Waals surface area (Å²) in [6.45, 7) is 0. The summed E-state index contributed by atoms with van der Waals surface area (Å²) in [7, 11) is -2.55. The maximum atomic E-state index is 5.19. The Bertz CT molecular complexity index is 2430. The second-order valence-corrected chi connectivity index (χ2v) is 16.0. The first-order valence-electron chi connectivity index (χ1n) is 16.3. The zero-order valence-corrected chi connectivity index (χ0v) is 27.2. The number of rotatable bonds is 6. The summed E-state index contributed by atoms with van der Waals surface area (Å²) in [5, 5.41) is 7.72. The van der Waals surface area contributed by atoms with E-state index in [1.54, 1.807) is 0 Å². The predicted molar refractivity (Wildman–Crippen MR) is 202 cm³/mol. The van der Waals surface area contributed by atoms with Crippen molar-refractivity contribution in [1.82, 2.24) is 14.4 Å². The Labute approximate surface area is 280 Å². The molecule has 0 radical (unpaired) electrons. The Hall–Kier alpha value is -6.10. The van der Waals surface area contributed by atoms with Crippen molar-refractivity contribution in [2.24, 2.45) is 0 Å². The maximum absolute atomic E-state index is 5.19. The van der Waals surface area contributed by atoms with Gasteiger partial charge in [0.15, 0.2) is 13.7 Å². The third kappa shape index (κ3) is 4.49. The maximum Gasteiger partial charge on any atom is 0.179 e. The number of benzene rings is 6. The highest BCUT2D eigenvalue weighted by molar-refractivity contribution is 7.19. The molecule has 48 heavy (non-hydrogen) atoms. The van der Waals surface area contributed by atoms with Gasteiger partial charge in [-0.1, -0.05) is 170 Å². The number of fused-ring (bicyclic) bond motifs is 5. The fourth-order valence-electron chi connectivity index (χ4n) is 7.35. The highest BCUT2D eigenvalue weighted by atomic mass is 28.3. The Morgan fingerprint density at radius 3 is 1.42 bits per heavy atom. The van der Waals surface area contributed by atoms with Crippen LogP contribution in [0.5, 0.6) is 0 Å². The summed E-state index contributed by atoms with van der Waals surface area (Å²) in [6, 6.07) is 65.8. The van der Waals surface area contributed by atoms with Gasteiger partial charge < -0.3 is 0 Å². The van der Waals surface area contributed by atoms with E-state index in [0.717, 1.165) is 38.8 Å². The van der Waals surface area contributed by atoms with Crippen LogP contribution in [-0.4, -0.2) is 22.4 Å². The van der Waals surface area contributed by atoms with E-state index >= 15 is 0 Å². The molecule has 0 aliphatic heterocycles. The Morgan fingerprint density at radius 1 is 0.375 bits per heavy atom. The van der Waals surface area contributed by atoms with Crippen LogP contribution in [0.4, 0.5) is 0 Å². The quantitative estimate of drug-likeness (QED) is 0.139. The molecule has 0 saturated heterocycles. The van der Waals surface area contributed by atoms with Gasteiger partial charge in [-0.2, -0.15) is 0 Å². The molecule has 0 atom stereocenters. The van der Waals surface area contributed by atoms with Crippen LogP contribution in [0.3, 0.4) is 0 Å².